The molecule has 3 nitrogen and oxygen atoms in total. The van der Waals surface area contributed by atoms with Crippen LogP contribution in [0.4, 0.5) is 4.39 Å². The van der Waals surface area contributed by atoms with Crippen LogP contribution in [-0.2, 0) is 7.05 Å². The Morgan fingerprint density at radius 3 is 2.87 bits per heavy atom. The highest BCUT2D eigenvalue weighted by atomic mass is 35.5. The van der Waals surface area contributed by atoms with Crippen LogP contribution in [0.25, 0.3) is 11.4 Å². The molecule has 6 heteroatoms. The van der Waals surface area contributed by atoms with Gasteiger partial charge in [-0.1, -0.05) is 17.7 Å². The summed E-state index contributed by atoms with van der Waals surface area (Å²) in [5.41, 5.74) is 0.314. The summed E-state index contributed by atoms with van der Waals surface area (Å²) in [6, 6.07) is 4.74. The lowest BCUT2D eigenvalue weighted by atomic mass is 10.2. The molecular formula is C9H7ClFN3S. The number of aryl methyl sites for hydroxylation is 1. The molecule has 0 atom stereocenters. The average molecular weight is 244 g/mol. The molecule has 0 fully saturated rings. The van der Waals surface area contributed by atoms with E-state index in [0.29, 0.717) is 16.2 Å². The minimum atomic E-state index is -0.497. The Bertz CT molecular complexity index is 561. The minimum Gasteiger partial charge on any atom is -0.279 e. The third-order valence-corrected chi connectivity index (χ3v) is 2.63. The molecular weight excluding hydrogens is 237 g/mol. The van der Waals surface area contributed by atoms with Crippen molar-refractivity contribution in [3.63, 3.8) is 0 Å². The van der Waals surface area contributed by atoms with Gasteiger partial charge in [0.25, 0.3) is 0 Å². The molecule has 0 saturated carbocycles. The molecule has 0 aliphatic carbocycles. The third-order valence-electron chi connectivity index (χ3n) is 1.97. The fourth-order valence-corrected chi connectivity index (χ4v) is 1.52. The first-order chi connectivity index (χ1) is 7.09. The van der Waals surface area contributed by atoms with E-state index in [1.54, 1.807) is 19.2 Å². The molecule has 0 unspecified atom stereocenters. The van der Waals surface area contributed by atoms with Gasteiger partial charge in [0.05, 0.1) is 10.6 Å². The Balaban J connectivity index is 2.64. The van der Waals surface area contributed by atoms with E-state index in [4.69, 9.17) is 23.8 Å². The van der Waals surface area contributed by atoms with Crippen molar-refractivity contribution in [1.29, 1.82) is 0 Å². The van der Waals surface area contributed by atoms with Gasteiger partial charge < -0.3 is 0 Å². The molecule has 1 aromatic carbocycles. The van der Waals surface area contributed by atoms with Gasteiger partial charge >= 0.3 is 0 Å². The molecule has 2 aromatic rings. The van der Waals surface area contributed by atoms with Crippen LogP contribution < -0.4 is 0 Å². The Morgan fingerprint density at radius 1 is 1.53 bits per heavy atom. The number of H-pyrrole nitrogens is 1. The molecule has 0 saturated heterocycles. The maximum atomic E-state index is 13.6. The number of hydrogen-bond acceptors (Lipinski definition) is 2. The first-order valence-corrected chi connectivity index (χ1v) is 4.95. The molecule has 0 amide bonds. The summed E-state index contributed by atoms with van der Waals surface area (Å²) in [4.78, 5) is 4.01. The molecule has 15 heavy (non-hydrogen) atoms. The molecule has 1 N–H and O–H groups in total. The number of benzene rings is 1. The molecule has 0 radical (unpaired) electrons. The van der Waals surface area contributed by atoms with E-state index < -0.39 is 5.82 Å². The number of aromatic nitrogens is 3. The van der Waals surface area contributed by atoms with Crippen molar-refractivity contribution in [2.45, 2.75) is 0 Å². The Kier molecular flexibility index (Phi) is 2.58. The van der Waals surface area contributed by atoms with Crippen molar-refractivity contribution >= 4 is 23.8 Å². The number of aromatic amines is 1. The van der Waals surface area contributed by atoms with Crippen LogP contribution in [0.3, 0.4) is 0 Å². The molecule has 0 aliphatic rings. The van der Waals surface area contributed by atoms with Gasteiger partial charge in [0.2, 0.25) is 4.77 Å². The summed E-state index contributed by atoms with van der Waals surface area (Å²) in [6.07, 6.45) is 0. The summed E-state index contributed by atoms with van der Waals surface area (Å²) in [6.45, 7) is 0. The summed E-state index contributed by atoms with van der Waals surface area (Å²) < 4.78 is 15.5. The SMILES string of the molecule is Cn1[nH]c(-c2cccc(Cl)c2F)nc1=S. The topological polar surface area (TPSA) is 33.6 Å². The number of rotatable bonds is 1. The van der Waals surface area contributed by atoms with Gasteiger partial charge in [-0.3, -0.25) is 9.78 Å². The largest absolute Gasteiger partial charge is 0.279 e. The first kappa shape index (κ1) is 10.3. The van der Waals surface area contributed by atoms with E-state index in [0.717, 1.165) is 0 Å². The Morgan fingerprint density at radius 2 is 2.27 bits per heavy atom. The van der Waals surface area contributed by atoms with Crippen molar-refractivity contribution in [1.82, 2.24) is 14.8 Å². The lowest BCUT2D eigenvalue weighted by Gasteiger charge is -1.99. The zero-order valence-corrected chi connectivity index (χ0v) is 9.36. The van der Waals surface area contributed by atoms with Gasteiger partial charge in [0, 0.05) is 7.05 Å². The first-order valence-electron chi connectivity index (χ1n) is 4.17. The fraction of sp³-hybridized carbons (Fsp3) is 0.111. The van der Waals surface area contributed by atoms with Crippen LogP contribution in [-0.4, -0.2) is 14.8 Å². The number of nitrogens with one attached hydrogen (secondary N) is 1. The lowest BCUT2D eigenvalue weighted by molar-refractivity contribution is 0.630. The second kappa shape index (κ2) is 3.75. The molecule has 1 heterocycles. The summed E-state index contributed by atoms with van der Waals surface area (Å²) in [7, 11) is 1.71. The van der Waals surface area contributed by atoms with E-state index >= 15 is 0 Å². The maximum Gasteiger partial charge on any atom is 0.216 e. The van der Waals surface area contributed by atoms with Gasteiger partial charge in [-0.05, 0) is 24.4 Å². The zero-order chi connectivity index (χ0) is 11.0. The van der Waals surface area contributed by atoms with E-state index in [-0.39, 0.29) is 5.02 Å². The number of hydrogen-bond donors (Lipinski definition) is 1. The predicted octanol–water partition coefficient (Wildman–Crippen LogP) is 2.94. The third kappa shape index (κ3) is 1.80. The normalized spacial score (nSPS) is 10.6. The van der Waals surface area contributed by atoms with E-state index in [1.165, 1.54) is 10.7 Å². The monoisotopic (exact) mass is 243 g/mol. The lowest BCUT2D eigenvalue weighted by Crippen LogP contribution is -1.91. The summed E-state index contributed by atoms with van der Waals surface area (Å²) in [5.74, 6) is -0.119. The van der Waals surface area contributed by atoms with E-state index in [2.05, 4.69) is 10.1 Å². The molecule has 1 aromatic heterocycles. The van der Waals surface area contributed by atoms with Gasteiger partial charge in [-0.25, -0.2) is 4.39 Å². The van der Waals surface area contributed by atoms with Crippen LogP contribution in [0.1, 0.15) is 0 Å². The zero-order valence-electron chi connectivity index (χ0n) is 7.79. The second-order valence-corrected chi connectivity index (χ2v) is 3.79. The summed E-state index contributed by atoms with van der Waals surface area (Å²) >= 11 is 10.6. The van der Waals surface area contributed by atoms with Crippen molar-refractivity contribution in [2.75, 3.05) is 0 Å². The van der Waals surface area contributed by atoms with Crippen LogP contribution in [0.2, 0.25) is 5.02 Å². The molecule has 2 rings (SSSR count). The number of nitrogens with zero attached hydrogens (tertiary/aromatic N) is 2. The molecule has 0 spiro atoms. The van der Waals surface area contributed by atoms with Crippen LogP contribution in [0.15, 0.2) is 18.2 Å². The predicted molar refractivity (Wildman–Crippen MR) is 58.8 cm³/mol. The standard InChI is InChI=1S/C9H7ClFN3S/c1-14-9(15)12-8(13-14)5-3-2-4-6(10)7(5)11/h2-4H,1H3,(H,12,13,15). The van der Waals surface area contributed by atoms with Crippen molar-refractivity contribution in [2.24, 2.45) is 7.05 Å². The molecule has 0 bridgehead atoms. The Labute approximate surface area is 95.5 Å². The van der Waals surface area contributed by atoms with Crippen LogP contribution in [0, 0.1) is 10.6 Å². The van der Waals surface area contributed by atoms with E-state index in [9.17, 15) is 4.39 Å². The van der Waals surface area contributed by atoms with Crippen molar-refractivity contribution in [3.05, 3.63) is 33.8 Å². The van der Waals surface area contributed by atoms with Crippen LogP contribution >= 0.6 is 23.8 Å². The number of halogens is 2. The second-order valence-electron chi connectivity index (χ2n) is 3.02. The van der Waals surface area contributed by atoms with Crippen molar-refractivity contribution in [3.8, 4) is 11.4 Å². The Hall–Kier alpha value is -1.20. The van der Waals surface area contributed by atoms with Crippen molar-refractivity contribution < 1.29 is 4.39 Å². The van der Waals surface area contributed by atoms with Gasteiger partial charge in [0.1, 0.15) is 0 Å². The minimum absolute atomic E-state index is 0.0671. The smallest absolute Gasteiger partial charge is 0.216 e. The van der Waals surface area contributed by atoms with Gasteiger partial charge in [-0.2, -0.15) is 4.98 Å². The quantitative estimate of drug-likeness (QED) is 0.782. The molecule has 0 aliphatic heterocycles. The maximum absolute atomic E-state index is 13.6. The average Bonchev–Trinajstić information content (AvgIpc) is 2.51. The highest BCUT2D eigenvalue weighted by molar-refractivity contribution is 7.71. The molecule has 78 valence electrons. The highest BCUT2D eigenvalue weighted by Crippen LogP contribution is 2.24. The van der Waals surface area contributed by atoms with E-state index in [1.807, 2.05) is 0 Å². The van der Waals surface area contributed by atoms with Gasteiger partial charge in [0.15, 0.2) is 11.6 Å². The van der Waals surface area contributed by atoms with Crippen LogP contribution in [0.5, 0.6) is 0 Å². The van der Waals surface area contributed by atoms with Gasteiger partial charge in [-0.15, -0.1) is 0 Å². The fourth-order valence-electron chi connectivity index (χ4n) is 1.21. The summed E-state index contributed by atoms with van der Waals surface area (Å²) in [5, 5.41) is 2.90. The highest BCUT2D eigenvalue weighted by Gasteiger charge is 2.11.